The molecular formula is C27H29BF5NO3. The minimum absolute atomic E-state index is 0.00901. The van der Waals surface area contributed by atoms with Gasteiger partial charge in [0.05, 0.1) is 22.5 Å². The van der Waals surface area contributed by atoms with E-state index in [1.165, 1.54) is 12.1 Å². The van der Waals surface area contributed by atoms with Crippen molar-refractivity contribution in [2.75, 3.05) is 5.32 Å². The molecule has 2 fully saturated rings. The van der Waals surface area contributed by atoms with Crippen LogP contribution >= 0.6 is 0 Å². The normalized spacial score (nSPS) is 26.7. The lowest BCUT2D eigenvalue weighted by Crippen LogP contribution is -2.46. The molecule has 2 aromatic rings. The third kappa shape index (κ3) is 4.07. The molecule has 2 aliphatic heterocycles. The number of rotatable bonds is 3. The first-order valence-corrected chi connectivity index (χ1v) is 12.4. The standard InChI is InChI=1S/C27H29BF5NO3/c1-23(2)24(3,4)37-28(36-23)18-10-8-16(9-11-18)26(17-12-14-25(29,30)15-13-17)19-6-5-7-20(27(31,32)33)21(19)34-22(26)35/h5-11,17H,12-15H2,1-4H3,(H,34,35). The van der Waals surface area contributed by atoms with Gasteiger partial charge in [-0.3, -0.25) is 4.79 Å². The molecule has 198 valence electrons. The molecule has 1 N–H and O–H groups in total. The van der Waals surface area contributed by atoms with Crippen molar-refractivity contribution in [1.29, 1.82) is 0 Å². The molecule has 2 aromatic carbocycles. The molecule has 0 aromatic heterocycles. The van der Waals surface area contributed by atoms with E-state index in [1.54, 1.807) is 24.3 Å². The zero-order valence-corrected chi connectivity index (χ0v) is 21.1. The summed E-state index contributed by atoms with van der Waals surface area (Å²) in [4.78, 5) is 13.7. The minimum Gasteiger partial charge on any atom is -0.399 e. The van der Waals surface area contributed by atoms with Gasteiger partial charge in [0.2, 0.25) is 11.8 Å². The second-order valence-corrected chi connectivity index (χ2v) is 11.3. The Bertz CT molecular complexity index is 1200. The van der Waals surface area contributed by atoms with E-state index >= 15 is 0 Å². The van der Waals surface area contributed by atoms with Gasteiger partial charge in [0, 0.05) is 12.8 Å². The first-order valence-electron chi connectivity index (χ1n) is 12.4. The Morgan fingerprint density at radius 1 is 0.919 bits per heavy atom. The largest absolute Gasteiger partial charge is 0.494 e. The number of alkyl halides is 5. The number of anilines is 1. The van der Waals surface area contributed by atoms with Gasteiger partial charge in [0.1, 0.15) is 5.41 Å². The first kappa shape index (κ1) is 26.2. The van der Waals surface area contributed by atoms with E-state index < -0.39 is 66.1 Å². The van der Waals surface area contributed by atoms with E-state index in [0.717, 1.165) is 6.07 Å². The lowest BCUT2D eigenvalue weighted by atomic mass is 9.61. The number of carbonyl (C=O) groups excluding carboxylic acids is 1. The van der Waals surface area contributed by atoms with Crippen molar-refractivity contribution >= 4 is 24.2 Å². The van der Waals surface area contributed by atoms with Gasteiger partial charge >= 0.3 is 13.3 Å². The Balaban J connectivity index is 1.61. The van der Waals surface area contributed by atoms with Crippen molar-refractivity contribution in [3.63, 3.8) is 0 Å². The zero-order valence-electron chi connectivity index (χ0n) is 21.1. The third-order valence-electron chi connectivity index (χ3n) is 8.61. The van der Waals surface area contributed by atoms with Gasteiger partial charge in [-0.1, -0.05) is 36.4 Å². The second kappa shape index (κ2) is 8.27. The van der Waals surface area contributed by atoms with Crippen molar-refractivity contribution in [2.24, 2.45) is 5.92 Å². The third-order valence-corrected chi connectivity index (χ3v) is 8.61. The molecule has 10 heteroatoms. The zero-order chi connectivity index (χ0) is 27.0. The molecule has 5 rings (SSSR count). The summed E-state index contributed by atoms with van der Waals surface area (Å²) in [7, 11) is -0.662. The van der Waals surface area contributed by atoms with E-state index in [0.29, 0.717) is 11.0 Å². The summed E-state index contributed by atoms with van der Waals surface area (Å²) in [5, 5.41) is 2.48. The van der Waals surface area contributed by atoms with Gasteiger partial charge < -0.3 is 14.6 Å². The Morgan fingerprint density at radius 3 is 2.03 bits per heavy atom. The second-order valence-electron chi connectivity index (χ2n) is 11.3. The Labute approximate surface area is 213 Å². The van der Waals surface area contributed by atoms with E-state index in [-0.39, 0.29) is 24.1 Å². The fraction of sp³-hybridized carbons (Fsp3) is 0.519. The number of hydrogen-bond acceptors (Lipinski definition) is 3. The first-order chi connectivity index (χ1) is 17.1. The molecule has 2 heterocycles. The fourth-order valence-electron chi connectivity index (χ4n) is 5.87. The van der Waals surface area contributed by atoms with Gasteiger partial charge in [-0.05, 0) is 69.1 Å². The summed E-state index contributed by atoms with van der Waals surface area (Å²) in [6.07, 6.45) is -5.51. The van der Waals surface area contributed by atoms with Crippen LogP contribution in [0.15, 0.2) is 42.5 Å². The van der Waals surface area contributed by atoms with Crippen LogP contribution in [-0.2, 0) is 25.7 Å². The summed E-state index contributed by atoms with van der Waals surface area (Å²) in [5.74, 6) is -4.08. The molecule has 1 atom stereocenters. The molecule has 4 nitrogen and oxygen atoms in total. The lowest BCUT2D eigenvalue weighted by molar-refractivity contribution is -0.136. The lowest BCUT2D eigenvalue weighted by Gasteiger charge is -2.40. The SMILES string of the molecule is CC1(C)OB(c2ccc(C3(C4CCC(F)(F)CC4)C(=O)Nc4c(C(F)(F)F)cccc43)cc2)OC1(C)C. The highest BCUT2D eigenvalue weighted by Gasteiger charge is 2.57. The van der Waals surface area contributed by atoms with Crippen molar-refractivity contribution < 1.29 is 36.1 Å². The number of hydrogen-bond donors (Lipinski definition) is 1. The minimum atomic E-state index is -4.69. The molecular weight excluding hydrogens is 492 g/mol. The van der Waals surface area contributed by atoms with E-state index in [9.17, 15) is 26.7 Å². The average Bonchev–Trinajstić information content (AvgIpc) is 3.21. The summed E-state index contributed by atoms with van der Waals surface area (Å²) >= 11 is 0. The highest BCUT2D eigenvalue weighted by atomic mass is 19.4. The molecule has 0 spiro atoms. The maximum absolute atomic E-state index is 14.1. The van der Waals surface area contributed by atoms with Crippen LogP contribution in [0.25, 0.3) is 0 Å². The Hall–Kier alpha value is -2.46. The number of carbonyl (C=O) groups is 1. The summed E-state index contributed by atoms with van der Waals surface area (Å²) in [6.45, 7) is 7.70. The van der Waals surface area contributed by atoms with Crippen LogP contribution in [0.3, 0.4) is 0 Å². The van der Waals surface area contributed by atoms with Gasteiger partial charge in [0.25, 0.3) is 0 Å². The van der Waals surface area contributed by atoms with Gasteiger partial charge in [0.15, 0.2) is 0 Å². The number of benzene rings is 2. The highest BCUT2D eigenvalue weighted by Crippen LogP contribution is 2.55. The Morgan fingerprint density at radius 2 is 1.49 bits per heavy atom. The van der Waals surface area contributed by atoms with E-state index in [4.69, 9.17) is 9.31 Å². The molecule has 1 saturated carbocycles. The van der Waals surface area contributed by atoms with Gasteiger partial charge in [-0.25, -0.2) is 8.78 Å². The van der Waals surface area contributed by atoms with Gasteiger partial charge in [-0.15, -0.1) is 0 Å². The van der Waals surface area contributed by atoms with Crippen LogP contribution < -0.4 is 10.8 Å². The summed E-state index contributed by atoms with van der Waals surface area (Å²) < 4.78 is 81.9. The van der Waals surface area contributed by atoms with Crippen LogP contribution in [-0.4, -0.2) is 30.2 Å². The van der Waals surface area contributed by atoms with Crippen LogP contribution in [0.1, 0.15) is 70.1 Å². The van der Waals surface area contributed by atoms with Crippen molar-refractivity contribution in [1.82, 2.24) is 0 Å². The average molecular weight is 521 g/mol. The highest BCUT2D eigenvalue weighted by molar-refractivity contribution is 6.62. The Kier molecular flexibility index (Phi) is 5.85. The molecule has 1 saturated heterocycles. The van der Waals surface area contributed by atoms with Gasteiger partial charge in [-0.2, -0.15) is 13.2 Å². The van der Waals surface area contributed by atoms with E-state index in [1.807, 2.05) is 27.7 Å². The van der Waals surface area contributed by atoms with Crippen molar-refractivity contribution in [3.05, 3.63) is 59.2 Å². The number of halogens is 5. The molecule has 1 aliphatic carbocycles. The van der Waals surface area contributed by atoms with Crippen LogP contribution in [0.4, 0.5) is 27.6 Å². The van der Waals surface area contributed by atoms with Crippen molar-refractivity contribution in [3.8, 4) is 0 Å². The predicted octanol–water partition coefficient (Wildman–Crippen LogP) is 6.07. The molecule has 1 unspecified atom stereocenters. The quantitative estimate of drug-likeness (QED) is 0.394. The smallest absolute Gasteiger partial charge is 0.399 e. The van der Waals surface area contributed by atoms with Crippen LogP contribution in [0.5, 0.6) is 0 Å². The molecule has 1 amide bonds. The number of para-hydroxylation sites is 1. The number of nitrogens with one attached hydrogen (secondary N) is 1. The number of fused-ring (bicyclic) bond motifs is 1. The molecule has 37 heavy (non-hydrogen) atoms. The molecule has 3 aliphatic rings. The summed E-state index contributed by atoms with van der Waals surface area (Å²) in [6, 6.07) is 10.5. The topological polar surface area (TPSA) is 47.6 Å². The maximum Gasteiger partial charge on any atom is 0.494 e. The van der Waals surface area contributed by atoms with Crippen LogP contribution in [0, 0.1) is 5.92 Å². The fourth-order valence-corrected chi connectivity index (χ4v) is 5.87. The summed E-state index contributed by atoms with van der Waals surface area (Å²) in [5.41, 5.74) is -2.59. The predicted molar refractivity (Wildman–Crippen MR) is 130 cm³/mol. The van der Waals surface area contributed by atoms with E-state index in [2.05, 4.69) is 5.32 Å². The number of amides is 1. The molecule has 0 bridgehead atoms. The monoisotopic (exact) mass is 521 g/mol. The van der Waals surface area contributed by atoms with Crippen LogP contribution in [0.2, 0.25) is 0 Å². The maximum atomic E-state index is 14.1. The van der Waals surface area contributed by atoms with Crippen molar-refractivity contribution in [2.45, 2.75) is 82.1 Å². The molecule has 0 radical (unpaired) electrons.